The highest BCUT2D eigenvalue weighted by atomic mass is 16.5. The second-order valence-electron chi connectivity index (χ2n) is 9.14. The van der Waals surface area contributed by atoms with Crippen molar-refractivity contribution in [1.82, 2.24) is 10.7 Å². The molecule has 0 aliphatic carbocycles. The van der Waals surface area contributed by atoms with Crippen LogP contribution in [0.2, 0.25) is 0 Å². The zero-order chi connectivity index (χ0) is 30.5. The van der Waals surface area contributed by atoms with E-state index < -0.39 is 11.8 Å². The zero-order valence-electron chi connectivity index (χ0n) is 24.4. The molecule has 0 atom stereocenters. The number of nitrogens with one attached hydrogen (secondary N) is 3. The molecular formula is C31H36N4O7. The van der Waals surface area contributed by atoms with Crippen LogP contribution < -0.4 is 35.0 Å². The SMILES string of the molecule is CCOc1cc(/C=N\NC(=O)C(=O)NCCc2ccc(OC)c(OC)c2)ccc1OCC(=O)Nc1c(C)cccc1C. The quantitative estimate of drug-likeness (QED) is 0.161. The second-order valence-corrected chi connectivity index (χ2v) is 9.14. The minimum atomic E-state index is -0.904. The number of hydrogen-bond donors (Lipinski definition) is 3. The Labute approximate surface area is 245 Å². The monoisotopic (exact) mass is 576 g/mol. The Morgan fingerprint density at radius 2 is 1.55 bits per heavy atom. The molecule has 3 N–H and O–H groups in total. The van der Waals surface area contributed by atoms with E-state index in [1.165, 1.54) is 6.21 Å². The summed E-state index contributed by atoms with van der Waals surface area (Å²) in [5.41, 5.74) is 6.38. The number of anilines is 1. The van der Waals surface area contributed by atoms with Crippen molar-refractivity contribution in [2.24, 2.45) is 5.10 Å². The van der Waals surface area contributed by atoms with Crippen molar-refractivity contribution in [2.75, 3.05) is 39.3 Å². The van der Waals surface area contributed by atoms with Crippen molar-refractivity contribution in [1.29, 1.82) is 0 Å². The number of hydrogen-bond acceptors (Lipinski definition) is 8. The summed E-state index contributed by atoms with van der Waals surface area (Å²) in [7, 11) is 3.10. The number of benzene rings is 3. The smallest absolute Gasteiger partial charge is 0.329 e. The van der Waals surface area contributed by atoms with Crippen molar-refractivity contribution < 1.29 is 33.3 Å². The molecule has 0 radical (unpaired) electrons. The lowest BCUT2D eigenvalue weighted by Gasteiger charge is -2.14. The second kappa shape index (κ2) is 15.7. The Morgan fingerprint density at radius 1 is 0.833 bits per heavy atom. The number of aryl methyl sites for hydroxylation is 2. The minimum absolute atomic E-state index is 0.210. The van der Waals surface area contributed by atoms with E-state index in [2.05, 4.69) is 21.2 Å². The van der Waals surface area contributed by atoms with Crippen molar-refractivity contribution in [3.8, 4) is 23.0 Å². The summed E-state index contributed by atoms with van der Waals surface area (Å²) in [4.78, 5) is 36.8. The zero-order valence-corrected chi connectivity index (χ0v) is 24.4. The van der Waals surface area contributed by atoms with Crippen LogP contribution in [-0.4, -0.2) is 57.9 Å². The molecule has 222 valence electrons. The molecular weight excluding hydrogens is 540 g/mol. The first-order chi connectivity index (χ1) is 20.2. The van der Waals surface area contributed by atoms with Gasteiger partial charge in [-0.05, 0) is 79.8 Å². The van der Waals surface area contributed by atoms with E-state index >= 15 is 0 Å². The Morgan fingerprint density at radius 3 is 2.24 bits per heavy atom. The lowest BCUT2D eigenvalue weighted by atomic mass is 10.1. The summed E-state index contributed by atoms with van der Waals surface area (Å²) in [5.74, 6) is -0.0491. The lowest BCUT2D eigenvalue weighted by molar-refractivity contribution is -0.139. The van der Waals surface area contributed by atoms with Crippen molar-refractivity contribution in [3.05, 3.63) is 76.9 Å². The molecule has 3 rings (SSSR count). The number of ether oxygens (including phenoxy) is 4. The standard InChI is InChI=1S/C31H36N4O7/c1-6-41-27-17-23(11-13-25(27)42-19-28(36)34-29-20(2)8-7-9-21(29)3)18-33-35-31(38)30(37)32-15-14-22-10-12-24(39-4)26(16-22)40-5/h7-13,16-18H,6,14-15,19H2,1-5H3,(H,32,37)(H,34,36)(H,35,38)/b33-18-. The van der Waals surface area contributed by atoms with E-state index in [9.17, 15) is 14.4 Å². The summed E-state index contributed by atoms with van der Waals surface area (Å²) >= 11 is 0. The van der Waals surface area contributed by atoms with Gasteiger partial charge in [0, 0.05) is 12.2 Å². The molecule has 11 heteroatoms. The molecule has 0 heterocycles. The molecule has 11 nitrogen and oxygen atoms in total. The van der Waals surface area contributed by atoms with Crippen LogP contribution in [0.4, 0.5) is 5.69 Å². The number of rotatable bonds is 13. The van der Waals surface area contributed by atoms with Crippen molar-refractivity contribution >= 4 is 29.6 Å². The average molecular weight is 577 g/mol. The summed E-state index contributed by atoms with van der Waals surface area (Å²) in [6.07, 6.45) is 1.86. The van der Waals surface area contributed by atoms with Crippen LogP contribution in [0.3, 0.4) is 0 Å². The van der Waals surface area contributed by atoms with Crippen LogP contribution in [0.1, 0.15) is 29.2 Å². The van der Waals surface area contributed by atoms with Gasteiger partial charge in [0.15, 0.2) is 29.6 Å². The molecule has 3 aromatic rings. The molecule has 0 saturated carbocycles. The summed E-state index contributed by atoms with van der Waals surface area (Å²) in [5, 5.41) is 9.30. The van der Waals surface area contributed by atoms with E-state index in [4.69, 9.17) is 18.9 Å². The van der Waals surface area contributed by atoms with Gasteiger partial charge < -0.3 is 29.6 Å². The van der Waals surface area contributed by atoms with Gasteiger partial charge in [0.25, 0.3) is 5.91 Å². The van der Waals surface area contributed by atoms with Crippen LogP contribution >= 0.6 is 0 Å². The summed E-state index contributed by atoms with van der Waals surface area (Å²) < 4.78 is 21.9. The van der Waals surface area contributed by atoms with Crippen LogP contribution in [0.15, 0.2) is 59.7 Å². The molecule has 0 bridgehead atoms. The van der Waals surface area contributed by atoms with Gasteiger partial charge in [0.05, 0.1) is 27.0 Å². The molecule has 0 aromatic heterocycles. The molecule has 0 fully saturated rings. The first kappa shape index (κ1) is 31.5. The maximum Gasteiger partial charge on any atom is 0.329 e. The average Bonchev–Trinajstić information content (AvgIpc) is 2.98. The third-order valence-electron chi connectivity index (χ3n) is 6.11. The molecule has 0 saturated heterocycles. The Hall–Kier alpha value is -5.06. The molecule has 0 aliphatic heterocycles. The molecule has 0 unspecified atom stereocenters. The molecule has 3 aromatic carbocycles. The number of amides is 3. The lowest BCUT2D eigenvalue weighted by Crippen LogP contribution is -2.38. The van der Waals surface area contributed by atoms with Crippen LogP contribution in [0.25, 0.3) is 0 Å². The van der Waals surface area contributed by atoms with E-state index in [1.807, 2.05) is 51.1 Å². The van der Waals surface area contributed by atoms with Crippen molar-refractivity contribution in [2.45, 2.75) is 27.2 Å². The first-order valence-electron chi connectivity index (χ1n) is 13.3. The highest BCUT2D eigenvalue weighted by molar-refractivity contribution is 6.35. The Balaban J connectivity index is 1.50. The Kier molecular flexibility index (Phi) is 11.7. The van der Waals surface area contributed by atoms with Gasteiger partial charge in [-0.25, -0.2) is 5.43 Å². The van der Waals surface area contributed by atoms with Crippen LogP contribution in [-0.2, 0) is 20.8 Å². The summed E-state index contributed by atoms with van der Waals surface area (Å²) in [6.45, 7) is 6.07. The van der Waals surface area contributed by atoms with Gasteiger partial charge in [-0.2, -0.15) is 5.10 Å². The number of para-hydroxylation sites is 1. The topological polar surface area (TPSA) is 137 Å². The van der Waals surface area contributed by atoms with Gasteiger partial charge in [-0.3, -0.25) is 14.4 Å². The third kappa shape index (κ3) is 8.98. The van der Waals surface area contributed by atoms with Gasteiger partial charge in [-0.1, -0.05) is 24.3 Å². The molecule has 0 aliphatic rings. The fourth-order valence-corrected chi connectivity index (χ4v) is 3.98. The number of hydrazone groups is 1. The van der Waals surface area contributed by atoms with Gasteiger partial charge in [0.1, 0.15) is 0 Å². The van der Waals surface area contributed by atoms with Crippen molar-refractivity contribution in [3.63, 3.8) is 0 Å². The fraction of sp³-hybridized carbons (Fsp3) is 0.290. The predicted octanol–water partition coefficient (Wildman–Crippen LogP) is 3.55. The maximum absolute atomic E-state index is 12.5. The van der Waals surface area contributed by atoms with E-state index in [1.54, 1.807) is 38.5 Å². The molecule has 0 spiro atoms. The molecule has 42 heavy (non-hydrogen) atoms. The van der Waals surface area contributed by atoms with E-state index in [-0.39, 0.29) is 19.1 Å². The Bertz CT molecular complexity index is 1420. The highest BCUT2D eigenvalue weighted by Crippen LogP contribution is 2.29. The third-order valence-corrected chi connectivity index (χ3v) is 6.11. The van der Waals surface area contributed by atoms with Crippen LogP contribution in [0, 0.1) is 13.8 Å². The molecule has 3 amide bonds. The van der Waals surface area contributed by atoms with Gasteiger partial charge in [-0.15, -0.1) is 0 Å². The summed E-state index contributed by atoms with van der Waals surface area (Å²) in [6, 6.07) is 16.2. The minimum Gasteiger partial charge on any atom is -0.493 e. The number of carbonyl (C=O) groups excluding carboxylic acids is 3. The van der Waals surface area contributed by atoms with Crippen LogP contribution in [0.5, 0.6) is 23.0 Å². The fourth-order valence-electron chi connectivity index (χ4n) is 3.98. The van der Waals surface area contributed by atoms with E-state index in [0.29, 0.717) is 41.6 Å². The van der Waals surface area contributed by atoms with Gasteiger partial charge in [0.2, 0.25) is 0 Å². The highest BCUT2D eigenvalue weighted by Gasteiger charge is 2.14. The predicted molar refractivity (Wildman–Crippen MR) is 160 cm³/mol. The van der Waals surface area contributed by atoms with E-state index in [0.717, 1.165) is 22.4 Å². The maximum atomic E-state index is 12.5. The number of methoxy groups -OCH3 is 2. The first-order valence-corrected chi connectivity index (χ1v) is 13.3. The largest absolute Gasteiger partial charge is 0.493 e. The number of nitrogens with zero attached hydrogens (tertiary/aromatic N) is 1. The number of carbonyl (C=O) groups is 3. The normalized spacial score (nSPS) is 10.6. The van der Waals surface area contributed by atoms with Gasteiger partial charge >= 0.3 is 11.8 Å².